The first kappa shape index (κ1) is 15.3. The van der Waals surface area contributed by atoms with Crippen LogP contribution in [0.1, 0.15) is 11.1 Å². The first-order chi connectivity index (χ1) is 8.65. The van der Waals surface area contributed by atoms with E-state index in [1.807, 2.05) is 54.4 Å². The van der Waals surface area contributed by atoms with Crippen molar-refractivity contribution < 1.29 is 33.5 Å². The van der Waals surface area contributed by atoms with E-state index in [0.717, 1.165) is 11.1 Å². The zero-order valence-corrected chi connectivity index (χ0v) is 12.5. The molecule has 4 nitrogen and oxygen atoms in total. The normalized spacial score (nSPS) is 10.2. The number of rotatable bonds is 3. The van der Waals surface area contributed by atoms with Crippen molar-refractivity contribution in [3.8, 4) is 0 Å². The van der Waals surface area contributed by atoms with Gasteiger partial charge < -0.3 is 24.0 Å². The molecule has 2 aromatic rings. The van der Waals surface area contributed by atoms with Crippen molar-refractivity contribution in [2.75, 3.05) is 0 Å². The van der Waals surface area contributed by atoms with E-state index in [9.17, 15) is 10.1 Å². The Morgan fingerprint density at radius 2 is 1.74 bits per heavy atom. The third kappa shape index (κ3) is 4.44. The van der Waals surface area contributed by atoms with E-state index in [4.69, 9.17) is 0 Å². The van der Waals surface area contributed by atoms with Gasteiger partial charge in [-0.05, 0) is 11.1 Å². The summed E-state index contributed by atoms with van der Waals surface area (Å²) in [5, 5.41) is 10.6. The van der Waals surface area contributed by atoms with E-state index >= 15 is 0 Å². The number of aromatic nitrogens is 1. The minimum atomic E-state index is -0.389. The van der Waals surface area contributed by atoms with E-state index < -0.39 is 0 Å². The lowest BCUT2D eigenvalue weighted by Gasteiger charge is -1.95. The quantitative estimate of drug-likeness (QED) is 0.320. The minimum Gasteiger partial charge on any atom is -1.00 e. The van der Waals surface area contributed by atoms with Crippen LogP contribution in [0.5, 0.6) is 0 Å². The van der Waals surface area contributed by atoms with Crippen LogP contribution in [0.25, 0.3) is 12.2 Å². The molecule has 0 atom stereocenters. The number of aryl methyl sites for hydroxylation is 1. The van der Waals surface area contributed by atoms with Crippen LogP contribution in [-0.2, 0) is 7.05 Å². The summed E-state index contributed by atoms with van der Waals surface area (Å²) in [6.07, 6.45) is 7.70. The van der Waals surface area contributed by atoms with Crippen LogP contribution in [0.2, 0.25) is 0 Å². The number of hydrogen-bond donors (Lipinski definition) is 0. The van der Waals surface area contributed by atoms with Crippen LogP contribution in [-0.4, -0.2) is 4.92 Å². The smallest absolute Gasteiger partial charge is 0.270 e. The van der Waals surface area contributed by atoms with E-state index in [1.54, 1.807) is 12.1 Å². The number of non-ortho nitro benzene ring substituents is 1. The van der Waals surface area contributed by atoms with Gasteiger partial charge >= 0.3 is 0 Å². The van der Waals surface area contributed by atoms with Gasteiger partial charge in [-0.1, -0.05) is 24.3 Å². The second-order valence-corrected chi connectivity index (χ2v) is 3.98. The fourth-order valence-electron chi connectivity index (χ4n) is 1.56. The van der Waals surface area contributed by atoms with Crippen molar-refractivity contribution in [1.29, 1.82) is 0 Å². The summed E-state index contributed by atoms with van der Waals surface area (Å²) in [6.45, 7) is 0. The number of nitrogens with zero attached hydrogens (tertiary/aromatic N) is 2. The molecule has 1 heterocycles. The topological polar surface area (TPSA) is 47.0 Å². The molecule has 0 bridgehead atoms. The zero-order valence-electron chi connectivity index (χ0n) is 10.4. The highest BCUT2D eigenvalue weighted by molar-refractivity contribution is 5.70. The third-order valence-electron chi connectivity index (χ3n) is 2.55. The van der Waals surface area contributed by atoms with Crippen LogP contribution >= 0.6 is 0 Å². The van der Waals surface area contributed by atoms with Gasteiger partial charge in [-0.3, -0.25) is 10.1 Å². The molecule has 0 unspecified atom stereocenters. The SMILES string of the molecule is C[n+]1ccc(C=Cc2cccc([N+](=O)[O-])c2)cc1.[I-]. The van der Waals surface area contributed by atoms with Gasteiger partial charge in [0.2, 0.25) is 0 Å². The summed E-state index contributed by atoms with van der Waals surface area (Å²) in [7, 11) is 1.95. The second-order valence-electron chi connectivity index (χ2n) is 3.98. The molecule has 5 heteroatoms. The Balaban J connectivity index is 0.00000180. The zero-order chi connectivity index (χ0) is 13.0. The average molecular weight is 368 g/mol. The number of benzene rings is 1. The number of halogens is 1. The second kappa shape index (κ2) is 6.98. The number of nitro benzene ring substituents is 1. The van der Waals surface area contributed by atoms with Gasteiger partial charge in [0.15, 0.2) is 12.4 Å². The van der Waals surface area contributed by atoms with Gasteiger partial charge in [0.1, 0.15) is 7.05 Å². The predicted molar refractivity (Wildman–Crippen MR) is 69.6 cm³/mol. The molecule has 0 saturated heterocycles. The molecule has 98 valence electrons. The Labute approximate surface area is 128 Å². The Morgan fingerprint density at radius 1 is 1.11 bits per heavy atom. The van der Waals surface area contributed by atoms with Crippen LogP contribution in [0.3, 0.4) is 0 Å². The van der Waals surface area contributed by atoms with E-state index in [-0.39, 0.29) is 34.6 Å². The molecular weight excluding hydrogens is 355 g/mol. The molecule has 0 amide bonds. The molecule has 19 heavy (non-hydrogen) atoms. The summed E-state index contributed by atoms with van der Waals surface area (Å²) in [6, 6.07) is 10.5. The predicted octanol–water partition coefficient (Wildman–Crippen LogP) is -0.406. The Kier molecular flexibility index (Phi) is 5.62. The van der Waals surface area contributed by atoms with Crippen molar-refractivity contribution in [2.45, 2.75) is 0 Å². The molecule has 0 radical (unpaired) electrons. The summed E-state index contributed by atoms with van der Waals surface area (Å²) < 4.78 is 1.95. The minimum absolute atomic E-state index is 0. The summed E-state index contributed by atoms with van der Waals surface area (Å²) in [5.74, 6) is 0. The fraction of sp³-hybridized carbons (Fsp3) is 0.0714. The molecular formula is C14H13IN2O2. The molecule has 2 rings (SSSR count). The van der Waals surface area contributed by atoms with Crippen LogP contribution in [0.15, 0.2) is 48.8 Å². The largest absolute Gasteiger partial charge is 1.00 e. The molecule has 0 spiro atoms. The van der Waals surface area contributed by atoms with Gasteiger partial charge in [-0.25, -0.2) is 4.57 Å². The van der Waals surface area contributed by atoms with Crippen molar-refractivity contribution in [3.05, 3.63) is 70.0 Å². The van der Waals surface area contributed by atoms with Gasteiger partial charge in [0.25, 0.3) is 5.69 Å². The summed E-state index contributed by atoms with van der Waals surface area (Å²) in [4.78, 5) is 10.3. The van der Waals surface area contributed by atoms with Gasteiger partial charge in [0.05, 0.1) is 4.92 Å². The number of hydrogen-bond acceptors (Lipinski definition) is 2. The van der Waals surface area contributed by atoms with E-state index in [1.165, 1.54) is 6.07 Å². The average Bonchev–Trinajstić information content (AvgIpc) is 2.38. The first-order valence-electron chi connectivity index (χ1n) is 5.53. The van der Waals surface area contributed by atoms with Gasteiger partial charge in [-0.15, -0.1) is 0 Å². The first-order valence-corrected chi connectivity index (χ1v) is 5.53. The molecule has 1 aromatic carbocycles. The maximum absolute atomic E-state index is 10.6. The van der Waals surface area contributed by atoms with Gasteiger partial charge in [0, 0.05) is 24.3 Å². The Hall–Kier alpha value is -1.76. The molecule has 1 aromatic heterocycles. The van der Waals surface area contributed by atoms with Crippen molar-refractivity contribution in [2.24, 2.45) is 7.05 Å². The molecule has 0 aliphatic carbocycles. The molecule has 0 N–H and O–H groups in total. The van der Waals surface area contributed by atoms with Gasteiger partial charge in [-0.2, -0.15) is 0 Å². The summed E-state index contributed by atoms with van der Waals surface area (Å²) >= 11 is 0. The lowest BCUT2D eigenvalue weighted by atomic mass is 10.1. The number of nitro groups is 1. The third-order valence-corrected chi connectivity index (χ3v) is 2.55. The van der Waals surface area contributed by atoms with Crippen LogP contribution in [0.4, 0.5) is 5.69 Å². The van der Waals surface area contributed by atoms with Crippen molar-refractivity contribution in [3.63, 3.8) is 0 Å². The lowest BCUT2D eigenvalue weighted by Crippen LogP contribution is -3.00. The summed E-state index contributed by atoms with van der Waals surface area (Å²) in [5.41, 5.74) is 1.98. The highest BCUT2D eigenvalue weighted by atomic mass is 127. The molecule has 0 aliphatic heterocycles. The highest BCUT2D eigenvalue weighted by Gasteiger charge is 2.03. The number of pyridine rings is 1. The lowest BCUT2D eigenvalue weighted by molar-refractivity contribution is -0.671. The van der Waals surface area contributed by atoms with Crippen molar-refractivity contribution in [1.82, 2.24) is 0 Å². The maximum Gasteiger partial charge on any atom is 0.270 e. The molecule has 0 saturated carbocycles. The van der Waals surface area contributed by atoms with Crippen molar-refractivity contribution >= 4 is 17.8 Å². The standard InChI is InChI=1S/C14H13N2O2.HI/c1-15-9-7-12(8-10-15)5-6-13-3-2-4-14(11-13)16(17)18;/h2-11H,1H3;1H/q+1;/p-1. The monoisotopic (exact) mass is 368 g/mol. The Morgan fingerprint density at radius 3 is 2.37 bits per heavy atom. The van der Waals surface area contributed by atoms with Crippen LogP contribution < -0.4 is 28.5 Å². The molecule has 0 fully saturated rings. The molecule has 0 aliphatic rings. The fourth-order valence-corrected chi connectivity index (χ4v) is 1.56. The van der Waals surface area contributed by atoms with E-state index in [0.29, 0.717) is 0 Å². The maximum atomic E-state index is 10.6. The highest BCUT2D eigenvalue weighted by Crippen LogP contribution is 2.15. The van der Waals surface area contributed by atoms with E-state index in [2.05, 4.69) is 0 Å². The van der Waals surface area contributed by atoms with Crippen LogP contribution in [0, 0.1) is 10.1 Å². The Bertz CT molecular complexity index is 595.